The Morgan fingerprint density at radius 2 is 1.96 bits per heavy atom. The lowest BCUT2D eigenvalue weighted by Gasteiger charge is -2.20. The number of hydrogen-bond acceptors (Lipinski definition) is 4. The van der Waals surface area contributed by atoms with E-state index in [1.54, 1.807) is 31.2 Å². The quantitative estimate of drug-likeness (QED) is 0.902. The van der Waals surface area contributed by atoms with Crippen molar-refractivity contribution in [1.29, 1.82) is 0 Å². The van der Waals surface area contributed by atoms with Crippen molar-refractivity contribution in [3.05, 3.63) is 53.1 Å². The van der Waals surface area contributed by atoms with Crippen molar-refractivity contribution in [2.75, 3.05) is 13.2 Å². The number of fused-ring (bicyclic) bond motifs is 1. The molecule has 0 aromatic heterocycles. The summed E-state index contributed by atoms with van der Waals surface area (Å²) >= 11 is 6.08. The van der Waals surface area contributed by atoms with Crippen LogP contribution in [0.2, 0.25) is 5.02 Å². The molecular formula is C18H18ClNO4. The summed E-state index contributed by atoms with van der Waals surface area (Å²) in [4.78, 5) is 12.2. The third-order valence-electron chi connectivity index (χ3n) is 3.61. The third-order valence-corrected chi connectivity index (χ3v) is 3.98. The summed E-state index contributed by atoms with van der Waals surface area (Å²) in [5.41, 5.74) is 0.860. The summed E-state index contributed by atoms with van der Waals surface area (Å²) in [5.74, 6) is 1.65. The van der Waals surface area contributed by atoms with Crippen LogP contribution in [-0.4, -0.2) is 25.2 Å². The van der Waals surface area contributed by atoms with Crippen LogP contribution in [0.4, 0.5) is 0 Å². The number of halogens is 1. The molecule has 126 valence electrons. The van der Waals surface area contributed by atoms with Crippen LogP contribution in [0.25, 0.3) is 0 Å². The van der Waals surface area contributed by atoms with Crippen LogP contribution in [-0.2, 0) is 11.3 Å². The van der Waals surface area contributed by atoms with E-state index in [0.29, 0.717) is 42.0 Å². The predicted octanol–water partition coefficient (Wildman–Crippen LogP) is 3.19. The fourth-order valence-corrected chi connectivity index (χ4v) is 2.53. The molecule has 0 aliphatic carbocycles. The van der Waals surface area contributed by atoms with Gasteiger partial charge >= 0.3 is 0 Å². The van der Waals surface area contributed by atoms with Gasteiger partial charge in [0.1, 0.15) is 19.0 Å². The van der Waals surface area contributed by atoms with E-state index in [1.807, 2.05) is 18.2 Å². The molecule has 1 atom stereocenters. The number of carbonyl (C=O) groups is 1. The number of carbonyl (C=O) groups excluding carboxylic acids is 1. The van der Waals surface area contributed by atoms with Gasteiger partial charge in [0.15, 0.2) is 17.6 Å². The van der Waals surface area contributed by atoms with Crippen molar-refractivity contribution >= 4 is 17.5 Å². The van der Waals surface area contributed by atoms with E-state index in [2.05, 4.69) is 5.32 Å². The van der Waals surface area contributed by atoms with Crippen LogP contribution in [0.3, 0.4) is 0 Å². The van der Waals surface area contributed by atoms with E-state index < -0.39 is 6.10 Å². The molecule has 1 aliphatic rings. The number of rotatable bonds is 5. The molecule has 0 radical (unpaired) electrons. The Morgan fingerprint density at radius 3 is 2.75 bits per heavy atom. The first-order chi connectivity index (χ1) is 11.6. The summed E-state index contributed by atoms with van der Waals surface area (Å²) in [6.45, 7) is 3.09. The van der Waals surface area contributed by atoms with E-state index in [-0.39, 0.29) is 5.91 Å². The maximum Gasteiger partial charge on any atom is 0.261 e. The van der Waals surface area contributed by atoms with Gasteiger partial charge in [0.25, 0.3) is 5.91 Å². The number of benzene rings is 2. The highest BCUT2D eigenvalue weighted by Crippen LogP contribution is 2.33. The Morgan fingerprint density at radius 1 is 1.21 bits per heavy atom. The highest BCUT2D eigenvalue weighted by Gasteiger charge is 2.17. The van der Waals surface area contributed by atoms with Gasteiger partial charge in [-0.05, 0) is 30.7 Å². The number of hydrogen-bond donors (Lipinski definition) is 1. The van der Waals surface area contributed by atoms with Crippen molar-refractivity contribution in [2.24, 2.45) is 0 Å². The zero-order valence-electron chi connectivity index (χ0n) is 13.3. The zero-order valence-corrected chi connectivity index (χ0v) is 14.0. The predicted molar refractivity (Wildman–Crippen MR) is 90.8 cm³/mol. The largest absolute Gasteiger partial charge is 0.486 e. The Hall–Kier alpha value is -2.40. The van der Waals surface area contributed by atoms with Crippen LogP contribution >= 0.6 is 11.6 Å². The van der Waals surface area contributed by atoms with Gasteiger partial charge < -0.3 is 19.5 Å². The van der Waals surface area contributed by atoms with Crippen LogP contribution in [0, 0.1) is 0 Å². The monoisotopic (exact) mass is 347 g/mol. The molecule has 0 fully saturated rings. The second-order valence-corrected chi connectivity index (χ2v) is 5.78. The van der Waals surface area contributed by atoms with E-state index in [1.165, 1.54) is 0 Å². The first kappa shape index (κ1) is 16.5. The minimum absolute atomic E-state index is 0.218. The second-order valence-electron chi connectivity index (χ2n) is 5.37. The summed E-state index contributed by atoms with van der Waals surface area (Å²) in [5, 5.41) is 3.44. The lowest BCUT2D eigenvalue weighted by Crippen LogP contribution is -2.36. The molecule has 1 N–H and O–H groups in total. The Bertz CT molecular complexity index is 735. The van der Waals surface area contributed by atoms with Crippen LogP contribution in [0.5, 0.6) is 17.2 Å². The summed E-state index contributed by atoms with van der Waals surface area (Å²) in [6.07, 6.45) is -0.643. The molecule has 1 unspecified atom stereocenters. The topological polar surface area (TPSA) is 56.8 Å². The van der Waals surface area contributed by atoms with Gasteiger partial charge in [-0.1, -0.05) is 29.8 Å². The average Bonchev–Trinajstić information content (AvgIpc) is 2.60. The van der Waals surface area contributed by atoms with E-state index in [9.17, 15) is 4.79 Å². The van der Waals surface area contributed by atoms with Gasteiger partial charge in [-0.25, -0.2) is 0 Å². The van der Waals surface area contributed by atoms with E-state index in [4.69, 9.17) is 25.8 Å². The fraction of sp³-hybridized carbons (Fsp3) is 0.278. The fourth-order valence-electron chi connectivity index (χ4n) is 2.32. The number of amides is 1. The normalized spacial score (nSPS) is 13.9. The second kappa shape index (κ2) is 7.45. The van der Waals surface area contributed by atoms with Crippen LogP contribution < -0.4 is 19.5 Å². The van der Waals surface area contributed by atoms with Gasteiger partial charge in [-0.2, -0.15) is 0 Å². The lowest BCUT2D eigenvalue weighted by molar-refractivity contribution is -0.127. The van der Waals surface area contributed by atoms with Gasteiger partial charge in [0.2, 0.25) is 0 Å². The Labute approximate surface area is 145 Å². The molecule has 0 spiro atoms. The van der Waals surface area contributed by atoms with Gasteiger partial charge in [-0.15, -0.1) is 0 Å². The van der Waals surface area contributed by atoms with Gasteiger partial charge in [-0.3, -0.25) is 4.79 Å². The highest BCUT2D eigenvalue weighted by atomic mass is 35.5. The van der Waals surface area contributed by atoms with Crippen molar-refractivity contribution in [3.8, 4) is 17.2 Å². The zero-order chi connectivity index (χ0) is 16.9. The molecule has 5 nitrogen and oxygen atoms in total. The molecule has 0 saturated carbocycles. The SMILES string of the molecule is CC(Oc1ccc2c(c1)OCCO2)C(=O)NCc1ccccc1Cl. The number of ether oxygens (including phenoxy) is 3. The summed E-state index contributed by atoms with van der Waals surface area (Å²) in [7, 11) is 0. The first-order valence-corrected chi connectivity index (χ1v) is 8.09. The minimum Gasteiger partial charge on any atom is -0.486 e. The lowest BCUT2D eigenvalue weighted by atomic mass is 10.2. The molecular weight excluding hydrogens is 330 g/mol. The molecule has 3 rings (SSSR count). The highest BCUT2D eigenvalue weighted by molar-refractivity contribution is 6.31. The summed E-state index contributed by atoms with van der Waals surface area (Å²) < 4.78 is 16.6. The van der Waals surface area contributed by atoms with Gasteiger partial charge in [0.05, 0.1) is 0 Å². The van der Waals surface area contributed by atoms with Crippen molar-refractivity contribution in [2.45, 2.75) is 19.6 Å². The number of nitrogens with one attached hydrogen (secondary N) is 1. The maximum absolute atomic E-state index is 12.2. The van der Waals surface area contributed by atoms with E-state index >= 15 is 0 Å². The smallest absolute Gasteiger partial charge is 0.261 e. The van der Waals surface area contributed by atoms with Crippen molar-refractivity contribution in [3.63, 3.8) is 0 Å². The van der Waals surface area contributed by atoms with Crippen molar-refractivity contribution in [1.82, 2.24) is 5.32 Å². The summed E-state index contributed by atoms with van der Waals surface area (Å²) in [6, 6.07) is 12.6. The molecule has 0 saturated heterocycles. The standard InChI is InChI=1S/C18H18ClNO4/c1-12(18(21)20-11-13-4-2-3-5-15(13)19)24-14-6-7-16-17(10-14)23-9-8-22-16/h2-7,10,12H,8-9,11H2,1H3,(H,20,21). The average molecular weight is 348 g/mol. The Kier molecular flexibility index (Phi) is 5.11. The molecule has 2 aromatic rings. The molecule has 1 amide bonds. The molecule has 0 bridgehead atoms. The van der Waals surface area contributed by atoms with Crippen molar-refractivity contribution < 1.29 is 19.0 Å². The van der Waals surface area contributed by atoms with Crippen LogP contribution in [0.15, 0.2) is 42.5 Å². The molecule has 6 heteroatoms. The molecule has 1 heterocycles. The first-order valence-electron chi connectivity index (χ1n) is 7.71. The minimum atomic E-state index is -0.643. The molecule has 24 heavy (non-hydrogen) atoms. The van der Waals surface area contributed by atoms with E-state index in [0.717, 1.165) is 5.56 Å². The van der Waals surface area contributed by atoms with Gasteiger partial charge in [0, 0.05) is 17.6 Å². The Balaban J connectivity index is 1.57. The molecule has 1 aliphatic heterocycles. The molecule has 2 aromatic carbocycles. The maximum atomic E-state index is 12.2. The third kappa shape index (κ3) is 3.92. The van der Waals surface area contributed by atoms with Crippen LogP contribution in [0.1, 0.15) is 12.5 Å².